The molecular formula is C60H42N2. The quantitative estimate of drug-likeness (QED) is 0.141. The molecule has 0 unspecified atom stereocenters. The molecule has 0 atom stereocenters. The molecule has 0 saturated carbocycles. The van der Waals surface area contributed by atoms with Crippen molar-refractivity contribution in [2.45, 2.75) is 0 Å². The first-order valence-electron chi connectivity index (χ1n) is 21.3. The predicted octanol–water partition coefficient (Wildman–Crippen LogP) is 16.6. The lowest BCUT2D eigenvalue weighted by Crippen LogP contribution is -2.12. The Morgan fingerprint density at radius 1 is 0.242 bits per heavy atom. The van der Waals surface area contributed by atoms with Crippen LogP contribution in [0.2, 0.25) is 0 Å². The van der Waals surface area contributed by atoms with E-state index in [0.717, 1.165) is 28.2 Å². The van der Waals surface area contributed by atoms with Crippen LogP contribution < -0.4 is 4.90 Å². The fourth-order valence-corrected chi connectivity index (χ4v) is 9.16. The van der Waals surface area contributed by atoms with E-state index < -0.39 is 0 Å². The molecule has 0 bridgehead atoms. The van der Waals surface area contributed by atoms with Crippen molar-refractivity contribution >= 4 is 38.9 Å². The SMILES string of the molecule is c1ccc(-c2ccccc2-c2ccccc2N(c2ccc(-c3ccc(-c4ccccc4-n4c5ccccc5c5ccccc54)cc3)cc2)c2ccccc2-c2ccccc2)cc1. The first-order chi connectivity index (χ1) is 30.8. The molecule has 1 aromatic heterocycles. The van der Waals surface area contributed by atoms with Gasteiger partial charge in [-0.1, -0.05) is 212 Å². The van der Waals surface area contributed by atoms with Crippen molar-refractivity contribution in [1.29, 1.82) is 0 Å². The van der Waals surface area contributed by atoms with Gasteiger partial charge in [0.2, 0.25) is 0 Å². The van der Waals surface area contributed by atoms with Gasteiger partial charge in [0.05, 0.1) is 28.1 Å². The Kier molecular flexibility index (Phi) is 9.57. The Bertz CT molecular complexity index is 3270. The van der Waals surface area contributed by atoms with Crippen LogP contribution in [0.5, 0.6) is 0 Å². The maximum absolute atomic E-state index is 2.43. The average Bonchev–Trinajstić information content (AvgIpc) is 3.69. The zero-order chi connectivity index (χ0) is 41.2. The molecule has 1 heterocycles. The molecule has 0 radical (unpaired) electrons. The van der Waals surface area contributed by atoms with Crippen molar-refractivity contribution in [2.24, 2.45) is 0 Å². The van der Waals surface area contributed by atoms with E-state index in [9.17, 15) is 0 Å². The lowest BCUT2D eigenvalue weighted by molar-refractivity contribution is 1.18. The number of anilines is 3. The van der Waals surface area contributed by atoms with Crippen LogP contribution in [0.25, 0.3) is 83.1 Å². The Hall–Kier alpha value is -8.20. The first-order valence-corrected chi connectivity index (χ1v) is 21.3. The van der Waals surface area contributed by atoms with Gasteiger partial charge in [0.15, 0.2) is 0 Å². The van der Waals surface area contributed by atoms with Crippen molar-refractivity contribution in [3.8, 4) is 61.3 Å². The molecule has 0 aliphatic carbocycles. The minimum absolute atomic E-state index is 1.08. The maximum atomic E-state index is 2.43. The van der Waals surface area contributed by atoms with Crippen LogP contribution in [0.15, 0.2) is 255 Å². The predicted molar refractivity (Wildman–Crippen MR) is 263 cm³/mol. The van der Waals surface area contributed by atoms with Gasteiger partial charge in [-0.05, 0) is 81.4 Å². The molecule has 0 saturated heterocycles. The Labute approximate surface area is 362 Å². The minimum atomic E-state index is 1.08. The summed E-state index contributed by atoms with van der Waals surface area (Å²) >= 11 is 0. The number of fused-ring (bicyclic) bond motifs is 3. The third-order valence-corrected chi connectivity index (χ3v) is 12.1. The van der Waals surface area contributed by atoms with Gasteiger partial charge in [0.1, 0.15) is 0 Å². The Morgan fingerprint density at radius 3 is 1.24 bits per heavy atom. The molecule has 2 nitrogen and oxygen atoms in total. The summed E-state index contributed by atoms with van der Waals surface area (Å²) in [5.74, 6) is 0. The van der Waals surface area contributed by atoms with Crippen LogP contribution >= 0.6 is 0 Å². The molecule has 11 rings (SSSR count). The summed E-state index contributed by atoms with van der Waals surface area (Å²) in [6.45, 7) is 0. The first kappa shape index (κ1) is 36.8. The highest BCUT2D eigenvalue weighted by atomic mass is 15.1. The molecule has 10 aromatic carbocycles. The van der Waals surface area contributed by atoms with Gasteiger partial charge >= 0.3 is 0 Å². The highest BCUT2D eigenvalue weighted by molar-refractivity contribution is 6.09. The monoisotopic (exact) mass is 790 g/mol. The number of rotatable bonds is 9. The second-order valence-corrected chi connectivity index (χ2v) is 15.7. The van der Waals surface area contributed by atoms with E-state index >= 15 is 0 Å². The highest BCUT2D eigenvalue weighted by Crippen LogP contribution is 2.47. The van der Waals surface area contributed by atoms with E-state index in [1.165, 1.54) is 72.0 Å². The van der Waals surface area contributed by atoms with Crippen LogP contribution in [0.1, 0.15) is 0 Å². The van der Waals surface area contributed by atoms with E-state index in [2.05, 4.69) is 264 Å². The number of para-hydroxylation sites is 5. The second kappa shape index (κ2) is 16.1. The molecule has 2 heteroatoms. The van der Waals surface area contributed by atoms with Gasteiger partial charge in [-0.15, -0.1) is 0 Å². The summed E-state index contributed by atoms with van der Waals surface area (Å²) in [5, 5.41) is 2.53. The van der Waals surface area contributed by atoms with Crippen molar-refractivity contribution in [2.75, 3.05) is 4.90 Å². The zero-order valence-corrected chi connectivity index (χ0v) is 34.1. The second-order valence-electron chi connectivity index (χ2n) is 15.7. The molecular weight excluding hydrogens is 749 g/mol. The fourth-order valence-electron chi connectivity index (χ4n) is 9.16. The molecule has 0 spiro atoms. The summed E-state index contributed by atoms with van der Waals surface area (Å²) in [6, 6.07) is 91.9. The zero-order valence-electron chi connectivity index (χ0n) is 34.1. The molecule has 0 fully saturated rings. The molecule has 0 aliphatic rings. The summed E-state index contributed by atoms with van der Waals surface area (Å²) < 4.78 is 2.41. The Balaban J connectivity index is 0.997. The third kappa shape index (κ3) is 6.65. The number of hydrogen-bond acceptors (Lipinski definition) is 1. The number of hydrogen-bond donors (Lipinski definition) is 0. The van der Waals surface area contributed by atoms with Crippen LogP contribution in [-0.4, -0.2) is 4.57 Å². The largest absolute Gasteiger partial charge is 0.309 e. The summed E-state index contributed by atoms with van der Waals surface area (Å²) in [4.78, 5) is 2.43. The van der Waals surface area contributed by atoms with Gasteiger partial charge in [-0.25, -0.2) is 0 Å². The molecule has 11 aromatic rings. The maximum Gasteiger partial charge on any atom is 0.0541 e. The highest BCUT2D eigenvalue weighted by Gasteiger charge is 2.22. The van der Waals surface area contributed by atoms with Crippen molar-refractivity contribution < 1.29 is 0 Å². The number of benzene rings is 10. The van der Waals surface area contributed by atoms with Gasteiger partial charge < -0.3 is 9.47 Å². The van der Waals surface area contributed by atoms with Crippen LogP contribution in [0, 0.1) is 0 Å². The van der Waals surface area contributed by atoms with E-state index in [1.54, 1.807) is 0 Å². The van der Waals surface area contributed by atoms with E-state index in [4.69, 9.17) is 0 Å². The van der Waals surface area contributed by atoms with Crippen LogP contribution in [0.3, 0.4) is 0 Å². The molecule has 0 amide bonds. The minimum Gasteiger partial charge on any atom is -0.309 e. The molecule has 62 heavy (non-hydrogen) atoms. The third-order valence-electron chi connectivity index (χ3n) is 12.1. The van der Waals surface area contributed by atoms with E-state index in [0.29, 0.717) is 0 Å². The van der Waals surface area contributed by atoms with E-state index in [-0.39, 0.29) is 0 Å². The van der Waals surface area contributed by atoms with E-state index in [1.807, 2.05) is 0 Å². The summed E-state index contributed by atoms with van der Waals surface area (Å²) in [5.41, 5.74) is 18.7. The Morgan fingerprint density at radius 2 is 0.629 bits per heavy atom. The lowest BCUT2D eigenvalue weighted by Gasteiger charge is -2.30. The van der Waals surface area contributed by atoms with Gasteiger partial charge in [0, 0.05) is 33.2 Å². The standard InChI is InChI=1S/C60H42N2/c1-3-19-45(20-4-1)49-23-7-8-26-52(49)53-27-11-16-32-58(53)61(56-30-14-9-24-50(56)46-21-5-2-6-22-46)48-41-39-44(40-42-48)43-35-37-47(38-36-43)51-25-10-15-31-57(51)62-59-33-17-12-28-54(59)55-29-13-18-34-60(55)62/h1-42H. The van der Waals surface area contributed by atoms with Crippen molar-refractivity contribution in [3.63, 3.8) is 0 Å². The number of nitrogens with zero attached hydrogens (tertiary/aromatic N) is 2. The average molecular weight is 791 g/mol. The topological polar surface area (TPSA) is 8.17 Å². The number of aromatic nitrogens is 1. The summed E-state index contributed by atoms with van der Waals surface area (Å²) in [6.07, 6.45) is 0. The van der Waals surface area contributed by atoms with Crippen molar-refractivity contribution in [3.05, 3.63) is 255 Å². The molecule has 292 valence electrons. The smallest absolute Gasteiger partial charge is 0.0541 e. The molecule has 0 aliphatic heterocycles. The van der Waals surface area contributed by atoms with Gasteiger partial charge in [-0.3, -0.25) is 0 Å². The normalized spacial score (nSPS) is 11.2. The van der Waals surface area contributed by atoms with Gasteiger partial charge in [-0.2, -0.15) is 0 Å². The van der Waals surface area contributed by atoms with Crippen LogP contribution in [-0.2, 0) is 0 Å². The van der Waals surface area contributed by atoms with Crippen molar-refractivity contribution in [1.82, 2.24) is 4.57 Å². The van der Waals surface area contributed by atoms with Crippen LogP contribution in [0.4, 0.5) is 17.1 Å². The summed E-state index contributed by atoms with van der Waals surface area (Å²) in [7, 11) is 0. The van der Waals surface area contributed by atoms with Gasteiger partial charge in [0.25, 0.3) is 0 Å². The molecule has 0 N–H and O–H groups in total. The lowest BCUT2D eigenvalue weighted by atomic mass is 9.92. The fraction of sp³-hybridized carbons (Fsp3) is 0.